The van der Waals surface area contributed by atoms with Crippen LogP contribution in [-0.4, -0.2) is 40.9 Å². The molecule has 0 saturated carbocycles. The van der Waals surface area contributed by atoms with Crippen LogP contribution in [0.4, 0.5) is 8.78 Å². The van der Waals surface area contributed by atoms with Crippen molar-refractivity contribution in [3.05, 3.63) is 29.8 Å². The van der Waals surface area contributed by atoms with Crippen LogP contribution >= 0.6 is 0 Å². The topological polar surface area (TPSA) is 63.4 Å². The number of benzene rings is 1. The van der Waals surface area contributed by atoms with Crippen LogP contribution in [0.2, 0.25) is 0 Å². The third-order valence-corrected chi connectivity index (χ3v) is 3.82. The monoisotopic (exact) mass is 290 g/mol. The van der Waals surface area contributed by atoms with Crippen LogP contribution in [0.25, 0.3) is 0 Å². The summed E-state index contributed by atoms with van der Waals surface area (Å²) < 4.78 is 37.6. The van der Waals surface area contributed by atoms with Crippen molar-refractivity contribution in [3.8, 4) is 0 Å². The molecule has 1 aromatic rings. The van der Waals surface area contributed by atoms with Crippen molar-refractivity contribution in [2.24, 2.45) is 5.73 Å². The lowest BCUT2D eigenvalue weighted by molar-refractivity contribution is -0.127. The summed E-state index contributed by atoms with van der Waals surface area (Å²) in [5.41, 5.74) is 5.32. The van der Waals surface area contributed by atoms with E-state index in [1.807, 2.05) is 0 Å². The van der Waals surface area contributed by atoms with Gasteiger partial charge in [0, 0.05) is 18.5 Å². The Labute approximate surface area is 113 Å². The smallest absolute Gasteiger partial charge is 0.235 e. The first kappa shape index (κ1) is 15.7. The van der Waals surface area contributed by atoms with E-state index in [1.165, 1.54) is 11.0 Å². The number of hydrogen-bond donors (Lipinski definition) is 1. The number of carbonyl (C=O) groups is 1. The van der Waals surface area contributed by atoms with Crippen molar-refractivity contribution in [2.75, 3.05) is 25.9 Å². The van der Waals surface area contributed by atoms with Gasteiger partial charge in [-0.15, -0.1) is 0 Å². The highest BCUT2D eigenvalue weighted by Gasteiger charge is 2.15. The Morgan fingerprint density at radius 2 is 2.05 bits per heavy atom. The largest absolute Gasteiger partial charge is 0.345 e. The molecule has 0 aliphatic heterocycles. The van der Waals surface area contributed by atoms with Crippen molar-refractivity contribution in [3.63, 3.8) is 0 Å². The maximum atomic E-state index is 13.0. The number of hydrogen-bond acceptors (Lipinski definition) is 3. The summed E-state index contributed by atoms with van der Waals surface area (Å²) in [7, 11) is -0.104. The van der Waals surface area contributed by atoms with E-state index in [4.69, 9.17) is 5.73 Å². The molecule has 2 N–H and O–H groups in total. The molecule has 0 aliphatic rings. The molecule has 1 amide bonds. The molecule has 0 radical (unpaired) electrons. The number of nitrogens with two attached hydrogens (primary N) is 1. The van der Waals surface area contributed by atoms with Crippen LogP contribution in [0, 0.1) is 11.6 Å². The van der Waals surface area contributed by atoms with E-state index in [9.17, 15) is 17.8 Å². The quantitative estimate of drug-likeness (QED) is 0.846. The molecule has 1 aromatic carbocycles. The van der Waals surface area contributed by atoms with Gasteiger partial charge in [0.2, 0.25) is 5.91 Å². The second-order valence-corrected chi connectivity index (χ2v) is 5.47. The molecule has 7 heteroatoms. The lowest BCUT2D eigenvalue weighted by Gasteiger charge is -2.16. The van der Waals surface area contributed by atoms with Crippen molar-refractivity contribution in [1.82, 2.24) is 4.90 Å². The van der Waals surface area contributed by atoms with Crippen molar-refractivity contribution < 1.29 is 17.8 Å². The molecule has 0 aromatic heterocycles. The van der Waals surface area contributed by atoms with Gasteiger partial charge in [-0.25, -0.2) is 8.78 Å². The predicted octanol–water partition coefficient (Wildman–Crippen LogP) is 0.880. The van der Waals surface area contributed by atoms with Gasteiger partial charge in [-0.2, -0.15) is 0 Å². The van der Waals surface area contributed by atoms with E-state index < -0.39 is 22.4 Å². The summed E-state index contributed by atoms with van der Waals surface area (Å²) in [6, 6.07) is 2.95. The Morgan fingerprint density at radius 3 is 2.63 bits per heavy atom. The average Bonchev–Trinajstić information content (AvgIpc) is 2.38. The lowest BCUT2D eigenvalue weighted by Crippen LogP contribution is -2.32. The summed E-state index contributed by atoms with van der Waals surface area (Å²) in [6.07, 6.45) is 0.653. The zero-order valence-electron chi connectivity index (χ0n) is 10.6. The van der Waals surface area contributed by atoms with Gasteiger partial charge in [0.1, 0.15) is 5.75 Å². The molecule has 0 saturated heterocycles. The Bertz CT molecular complexity index is 483. The summed E-state index contributed by atoms with van der Waals surface area (Å²) in [6.45, 7) is 0.939. The van der Waals surface area contributed by atoms with E-state index in [0.29, 0.717) is 19.5 Å². The Balaban J connectivity index is 2.63. The molecule has 0 bridgehead atoms. The Morgan fingerprint density at radius 1 is 1.37 bits per heavy atom. The molecule has 1 unspecified atom stereocenters. The SMILES string of the molecule is CN(CCCN)C(=O)CS(=O)c1ccc(F)c(F)c1. The number of halogens is 2. The van der Waals surface area contributed by atoms with E-state index in [1.54, 1.807) is 7.05 Å². The molecular weight excluding hydrogens is 274 g/mol. The van der Waals surface area contributed by atoms with Crippen molar-refractivity contribution in [1.29, 1.82) is 0 Å². The molecule has 4 nitrogen and oxygen atoms in total. The van der Waals surface area contributed by atoms with E-state index in [2.05, 4.69) is 0 Å². The van der Waals surface area contributed by atoms with Gasteiger partial charge in [-0.1, -0.05) is 0 Å². The molecular formula is C12H16F2N2O2S. The van der Waals surface area contributed by atoms with Crippen LogP contribution in [-0.2, 0) is 15.6 Å². The molecule has 1 rings (SSSR count). The Kier molecular flexibility index (Phi) is 6.04. The van der Waals surface area contributed by atoms with Gasteiger partial charge in [0.05, 0.1) is 10.8 Å². The highest BCUT2D eigenvalue weighted by atomic mass is 32.2. The molecule has 106 valence electrons. The summed E-state index contributed by atoms with van der Waals surface area (Å²) in [4.78, 5) is 13.2. The van der Waals surface area contributed by atoms with Crippen LogP contribution in [0.1, 0.15) is 6.42 Å². The van der Waals surface area contributed by atoms with Gasteiger partial charge in [0.15, 0.2) is 11.6 Å². The minimum absolute atomic E-state index is 0.0967. The number of amides is 1. The Hall–Kier alpha value is -1.34. The fourth-order valence-electron chi connectivity index (χ4n) is 1.38. The average molecular weight is 290 g/mol. The molecule has 0 spiro atoms. The second kappa shape index (κ2) is 7.30. The van der Waals surface area contributed by atoms with E-state index in [0.717, 1.165) is 12.1 Å². The summed E-state index contributed by atoms with van der Waals surface area (Å²) in [5.74, 6) is -2.66. The standard InChI is InChI=1S/C12H16F2N2O2S/c1-16(6-2-5-15)12(17)8-19(18)9-3-4-10(13)11(14)7-9/h3-4,7H,2,5-6,8,15H2,1H3. The first-order chi connectivity index (χ1) is 8.95. The molecule has 1 atom stereocenters. The van der Waals surface area contributed by atoms with E-state index in [-0.39, 0.29) is 16.6 Å². The molecule has 0 fully saturated rings. The first-order valence-corrected chi connectivity index (χ1v) is 7.05. The number of rotatable bonds is 6. The highest BCUT2D eigenvalue weighted by Crippen LogP contribution is 2.12. The third kappa shape index (κ3) is 4.68. The minimum Gasteiger partial charge on any atom is -0.345 e. The number of nitrogens with zero attached hydrogens (tertiary/aromatic N) is 1. The van der Waals surface area contributed by atoms with Crippen LogP contribution < -0.4 is 5.73 Å². The van der Waals surface area contributed by atoms with Gasteiger partial charge < -0.3 is 10.6 Å². The second-order valence-electron chi connectivity index (χ2n) is 4.02. The third-order valence-electron chi connectivity index (χ3n) is 2.53. The van der Waals surface area contributed by atoms with Gasteiger partial charge >= 0.3 is 0 Å². The maximum absolute atomic E-state index is 13.0. The van der Waals surface area contributed by atoms with Gasteiger partial charge in [0.25, 0.3) is 0 Å². The molecule has 0 heterocycles. The summed E-state index contributed by atoms with van der Waals surface area (Å²) >= 11 is 0. The fraction of sp³-hybridized carbons (Fsp3) is 0.417. The van der Waals surface area contributed by atoms with Crippen LogP contribution in [0.3, 0.4) is 0 Å². The van der Waals surface area contributed by atoms with Gasteiger partial charge in [-0.05, 0) is 31.2 Å². The first-order valence-electron chi connectivity index (χ1n) is 5.73. The predicted molar refractivity (Wildman–Crippen MR) is 68.9 cm³/mol. The number of carbonyl (C=O) groups excluding carboxylic acids is 1. The van der Waals surface area contributed by atoms with E-state index >= 15 is 0 Å². The normalized spacial score (nSPS) is 12.2. The van der Waals surface area contributed by atoms with Gasteiger partial charge in [-0.3, -0.25) is 9.00 Å². The van der Waals surface area contributed by atoms with Crippen LogP contribution in [0.5, 0.6) is 0 Å². The highest BCUT2D eigenvalue weighted by molar-refractivity contribution is 7.85. The minimum atomic E-state index is -1.69. The lowest BCUT2D eigenvalue weighted by atomic mass is 10.3. The zero-order valence-corrected chi connectivity index (χ0v) is 11.4. The summed E-state index contributed by atoms with van der Waals surface area (Å²) in [5, 5.41) is 0. The van der Waals surface area contributed by atoms with Crippen molar-refractivity contribution >= 4 is 16.7 Å². The van der Waals surface area contributed by atoms with Crippen molar-refractivity contribution in [2.45, 2.75) is 11.3 Å². The fourth-order valence-corrected chi connectivity index (χ4v) is 2.44. The maximum Gasteiger partial charge on any atom is 0.235 e. The zero-order chi connectivity index (χ0) is 14.4. The molecule has 0 aliphatic carbocycles. The van der Waals surface area contributed by atoms with Crippen LogP contribution in [0.15, 0.2) is 23.1 Å². The molecule has 19 heavy (non-hydrogen) atoms.